The van der Waals surface area contributed by atoms with Gasteiger partial charge in [-0.05, 0) is 44.1 Å². The zero-order valence-corrected chi connectivity index (χ0v) is 10.9. The van der Waals surface area contributed by atoms with E-state index in [4.69, 9.17) is 0 Å². The highest BCUT2D eigenvalue weighted by Gasteiger charge is 2.40. The fourth-order valence-electron chi connectivity index (χ4n) is 2.36. The van der Waals surface area contributed by atoms with Gasteiger partial charge in [0.2, 0.25) is 0 Å². The van der Waals surface area contributed by atoms with Crippen molar-refractivity contribution in [1.82, 2.24) is 5.32 Å². The summed E-state index contributed by atoms with van der Waals surface area (Å²) in [5, 5.41) is 3.23. The van der Waals surface area contributed by atoms with E-state index in [-0.39, 0.29) is 0 Å². The summed E-state index contributed by atoms with van der Waals surface area (Å²) in [5.74, 6) is 1.14. The zero-order chi connectivity index (χ0) is 11.5. The van der Waals surface area contributed by atoms with E-state index in [0.29, 0.717) is 11.2 Å². The van der Waals surface area contributed by atoms with Gasteiger partial charge in [0, 0.05) is 18.6 Å². The van der Waals surface area contributed by atoms with Crippen molar-refractivity contribution in [2.24, 2.45) is 11.3 Å². The SMILES string of the molecule is CNCC(C)(CCCS(C)(=O)=O)C1CC1. The molecule has 3 nitrogen and oxygen atoms in total. The van der Waals surface area contributed by atoms with Crippen molar-refractivity contribution in [3.8, 4) is 0 Å². The molecule has 1 fully saturated rings. The first-order valence-electron chi connectivity index (χ1n) is 5.70. The topological polar surface area (TPSA) is 46.2 Å². The van der Waals surface area contributed by atoms with E-state index in [2.05, 4.69) is 12.2 Å². The third-order valence-corrected chi connectivity index (χ3v) is 4.44. The lowest BCUT2D eigenvalue weighted by atomic mass is 9.80. The summed E-state index contributed by atoms with van der Waals surface area (Å²) in [6.45, 7) is 3.28. The average Bonchev–Trinajstić information content (AvgIpc) is 2.83. The maximum Gasteiger partial charge on any atom is 0.147 e. The van der Waals surface area contributed by atoms with Gasteiger partial charge in [0.1, 0.15) is 9.84 Å². The van der Waals surface area contributed by atoms with Crippen LogP contribution in [0.5, 0.6) is 0 Å². The van der Waals surface area contributed by atoms with Gasteiger partial charge in [-0.15, -0.1) is 0 Å². The van der Waals surface area contributed by atoms with Crippen LogP contribution in [0.3, 0.4) is 0 Å². The van der Waals surface area contributed by atoms with Crippen LogP contribution in [0.15, 0.2) is 0 Å². The lowest BCUT2D eigenvalue weighted by Crippen LogP contribution is -2.32. The lowest BCUT2D eigenvalue weighted by Gasteiger charge is -2.29. The van der Waals surface area contributed by atoms with Gasteiger partial charge in [0.05, 0.1) is 0 Å². The van der Waals surface area contributed by atoms with Crippen LogP contribution >= 0.6 is 0 Å². The monoisotopic (exact) mass is 233 g/mol. The molecule has 4 heteroatoms. The molecule has 1 aliphatic rings. The fourth-order valence-corrected chi connectivity index (χ4v) is 3.03. The second kappa shape index (κ2) is 4.83. The Morgan fingerprint density at radius 1 is 1.40 bits per heavy atom. The van der Waals surface area contributed by atoms with E-state index in [1.54, 1.807) is 0 Å². The van der Waals surface area contributed by atoms with Crippen LogP contribution < -0.4 is 5.32 Å². The number of hydrogen-bond donors (Lipinski definition) is 1. The molecule has 0 radical (unpaired) electrons. The Bertz CT molecular complexity index is 296. The highest BCUT2D eigenvalue weighted by Crippen LogP contribution is 2.47. The molecule has 1 N–H and O–H groups in total. The van der Waals surface area contributed by atoms with Crippen molar-refractivity contribution in [3.05, 3.63) is 0 Å². The Hall–Kier alpha value is -0.0900. The molecule has 1 unspecified atom stereocenters. The molecule has 15 heavy (non-hydrogen) atoms. The van der Waals surface area contributed by atoms with Crippen molar-refractivity contribution < 1.29 is 8.42 Å². The van der Waals surface area contributed by atoms with Crippen molar-refractivity contribution in [3.63, 3.8) is 0 Å². The summed E-state index contributed by atoms with van der Waals surface area (Å²) in [5.41, 5.74) is 0.305. The van der Waals surface area contributed by atoms with Gasteiger partial charge < -0.3 is 5.32 Å². The quantitative estimate of drug-likeness (QED) is 0.724. The molecule has 0 amide bonds. The van der Waals surface area contributed by atoms with Crippen LogP contribution in [0.2, 0.25) is 0 Å². The molecule has 0 saturated heterocycles. The van der Waals surface area contributed by atoms with Crippen molar-refractivity contribution in [2.75, 3.05) is 25.6 Å². The maximum atomic E-state index is 11.0. The molecule has 0 spiro atoms. The van der Waals surface area contributed by atoms with Gasteiger partial charge >= 0.3 is 0 Å². The van der Waals surface area contributed by atoms with Crippen molar-refractivity contribution >= 4 is 9.84 Å². The third kappa shape index (κ3) is 4.51. The molecule has 0 aliphatic heterocycles. The van der Waals surface area contributed by atoms with Gasteiger partial charge in [-0.25, -0.2) is 8.42 Å². The van der Waals surface area contributed by atoms with Crippen LogP contribution in [0.1, 0.15) is 32.6 Å². The first kappa shape index (κ1) is 13.0. The van der Waals surface area contributed by atoms with Gasteiger partial charge in [-0.1, -0.05) is 6.92 Å². The minimum atomic E-state index is -2.79. The zero-order valence-electron chi connectivity index (χ0n) is 10.0. The molecule has 1 rings (SSSR count). The highest BCUT2D eigenvalue weighted by atomic mass is 32.2. The third-order valence-electron chi connectivity index (χ3n) is 3.41. The fraction of sp³-hybridized carbons (Fsp3) is 1.00. The summed E-state index contributed by atoms with van der Waals surface area (Å²) < 4.78 is 22.1. The number of nitrogens with one attached hydrogen (secondary N) is 1. The van der Waals surface area contributed by atoms with Crippen LogP contribution in [0.25, 0.3) is 0 Å². The van der Waals surface area contributed by atoms with E-state index < -0.39 is 9.84 Å². The van der Waals surface area contributed by atoms with Crippen LogP contribution in [0, 0.1) is 11.3 Å². The standard InChI is InChI=1S/C11H23NO2S/c1-11(9-12-2,10-5-6-10)7-4-8-15(3,13)14/h10,12H,4-9H2,1-3H3. The predicted molar refractivity (Wildman–Crippen MR) is 63.7 cm³/mol. The molecule has 0 aromatic rings. The van der Waals surface area contributed by atoms with Crippen LogP contribution in [-0.4, -0.2) is 34.0 Å². The first-order valence-corrected chi connectivity index (χ1v) is 7.76. The Labute approximate surface area is 93.6 Å². The Balaban J connectivity index is 2.38. The molecule has 1 saturated carbocycles. The predicted octanol–water partition coefficient (Wildman–Crippen LogP) is 1.45. The van der Waals surface area contributed by atoms with Gasteiger partial charge in [-0.3, -0.25) is 0 Å². The van der Waals surface area contributed by atoms with E-state index in [1.165, 1.54) is 19.1 Å². The minimum Gasteiger partial charge on any atom is -0.319 e. The van der Waals surface area contributed by atoms with E-state index in [9.17, 15) is 8.42 Å². The largest absolute Gasteiger partial charge is 0.319 e. The highest BCUT2D eigenvalue weighted by molar-refractivity contribution is 7.90. The Morgan fingerprint density at radius 2 is 2.00 bits per heavy atom. The van der Waals surface area contributed by atoms with Crippen molar-refractivity contribution in [2.45, 2.75) is 32.6 Å². The molecule has 90 valence electrons. The average molecular weight is 233 g/mol. The molecule has 1 aliphatic carbocycles. The Kier molecular flexibility index (Phi) is 4.18. The summed E-state index contributed by atoms with van der Waals surface area (Å²) in [6, 6.07) is 0. The van der Waals surface area contributed by atoms with E-state index in [0.717, 1.165) is 25.3 Å². The molecular weight excluding hydrogens is 210 g/mol. The van der Waals surface area contributed by atoms with Crippen LogP contribution in [0.4, 0.5) is 0 Å². The van der Waals surface area contributed by atoms with Crippen molar-refractivity contribution in [1.29, 1.82) is 0 Å². The second-order valence-electron chi connectivity index (χ2n) is 5.19. The lowest BCUT2D eigenvalue weighted by molar-refractivity contribution is 0.241. The molecular formula is C11H23NO2S. The number of hydrogen-bond acceptors (Lipinski definition) is 3. The summed E-state index contributed by atoms with van der Waals surface area (Å²) in [7, 11) is -0.818. The minimum absolute atomic E-state index is 0.305. The normalized spacial score (nSPS) is 21.3. The molecule has 1 atom stereocenters. The Morgan fingerprint density at radius 3 is 2.40 bits per heavy atom. The summed E-state index contributed by atoms with van der Waals surface area (Å²) in [4.78, 5) is 0. The van der Waals surface area contributed by atoms with Gasteiger partial charge in [0.25, 0.3) is 0 Å². The number of sulfone groups is 1. The first-order chi connectivity index (χ1) is 6.87. The molecule has 0 aromatic heterocycles. The van der Waals surface area contributed by atoms with Crippen LogP contribution in [-0.2, 0) is 9.84 Å². The maximum absolute atomic E-state index is 11.0. The molecule has 0 aromatic carbocycles. The molecule has 0 heterocycles. The van der Waals surface area contributed by atoms with Gasteiger partial charge in [0.15, 0.2) is 0 Å². The second-order valence-corrected chi connectivity index (χ2v) is 7.45. The summed E-state index contributed by atoms with van der Waals surface area (Å²) in [6.07, 6.45) is 5.77. The molecule has 0 bridgehead atoms. The van der Waals surface area contributed by atoms with E-state index in [1.807, 2.05) is 7.05 Å². The van der Waals surface area contributed by atoms with Gasteiger partial charge in [-0.2, -0.15) is 0 Å². The smallest absolute Gasteiger partial charge is 0.147 e. The summed E-state index contributed by atoms with van der Waals surface area (Å²) >= 11 is 0. The number of rotatable bonds is 7. The van der Waals surface area contributed by atoms with E-state index >= 15 is 0 Å².